The second-order valence-corrected chi connectivity index (χ2v) is 5.70. The third kappa shape index (κ3) is 2.50. The van der Waals surface area contributed by atoms with Crippen LogP contribution in [0.4, 0.5) is 0 Å². The van der Waals surface area contributed by atoms with Gasteiger partial charge in [0.05, 0.1) is 11.3 Å². The maximum Gasteiger partial charge on any atom is 0.334 e. The molecule has 0 aliphatic rings. The van der Waals surface area contributed by atoms with Gasteiger partial charge in [0.15, 0.2) is 0 Å². The number of hydrogen-bond acceptors (Lipinski definition) is 2. The Kier molecular flexibility index (Phi) is 3.90. The van der Waals surface area contributed by atoms with Crippen LogP contribution in [0.5, 0.6) is 0 Å². The first-order valence-corrected chi connectivity index (χ1v) is 6.85. The number of nitrogens with zero attached hydrogens (tertiary/aromatic N) is 1. The van der Waals surface area contributed by atoms with Gasteiger partial charge < -0.3 is 0 Å². The van der Waals surface area contributed by atoms with E-state index in [-0.39, 0.29) is 10.7 Å². The minimum Gasteiger partial charge on any atom is -0.297 e. The Morgan fingerprint density at radius 2 is 1.84 bits per heavy atom. The molecular formula is C12H9BrCl2N2O2. The van der Waals surface area contributed by atoms with Crippen LogP contribution < -0.4 is 11.2 Å². The summed E-state index contributed by atoms with van der Waals surface area (Å²) in [6.07, 6.45) is 0. The average Bonchev–Trinajstić information content (AvgIpc) is 2.33. The SMILES string of the molecule is Cc1cc(Br)c(-n2c(=O)[nH]c(Cl)c(C)c2=O)cc1Cl. The van der Waals surface area contributed by atoms with Crippen LogP contribution in [-0.4, -0.2) is 9.55 Å². The van der Waals surface area contributed by atoms with Gasteiger partial charge in [0.1, 0.15) is 5.15 Å². The summed E-state index contributed by atoms with van der Waals surface area (Å²) in [7, 11) is 0. The van der Waals surface area contributed by atoms with Crippen molar-refractivity contribution in [3.63, 3.8) is 0 Å². The van der Waals surface area contributed by atoms with Crippen LogP contribution in [0.2, 0.25) is 10.2 Å². The van der Waals surface area contributed by atoms with Gasteiger partial charge in [-0.3, -0.25) is 9.78 Å². The molecule has 0 saturated carbocycles. The van der Waals surface area contributed by atoms with Gasteiger partial charge in [-0.25, -0.2) is 9.36 Å². The van der Waals surface area contributed by atoms with Crippen molar-refractivity contribution in [3.05, 3.63) is 58.7 Å². The number of hydrogen-bond donors (Lipinski definition) is 1. The van der Waals surface area contributed by atoms with Gasteiger partial charge in [0.2, 0.25) is 0 Å². The van der Waals surface area contributed by atoms with Crippen molar-refractivity contribution in [2.75, 3.05) is 0 Å². The minimum atomic E-state index is -0.610. The van der Waals surface area contributed by atoms with Crippen LogP contribution in [0.3, 0.4) is 0 Å². The standard InChI is InChI=1S/C12H9BrCl2N2O2/c1-5-3-7(13)9(4-8(5)14)17-11(18)6(2)10(15)16-12(17)19/h3-4H,1-2H3,(H,16,19). The molecule has 7 heteroatoms. The molecule has 0 bridgehead atoms. The first-order chi connectivity index (χ1) is 8.82. The highest BCUT2D eigenvalue weighted by atomic mass is 79.9. The van der Waals surface area contributed by atoms with Crippen molar-refractivity contribution in [2.24, 2.45) is 0 Å². The molecule has 2 rings (SSSR count). The third-order valence-corrected chi connectivity index (χ3v) is 4.16. The maximum atomic E-state index is 12.2. The molecule has 4 nitrogen and oxygen atoms in total. The molecule has 0 saturated heterocycles. The zero-order valence-electron chi connectivity index (χ0n) is 10.1. The topological polar surface area (TPSA) is 54.9 Å². The summed E-state index contributed by atoms with van der Waals surface area (Å²) in [6, 6.07) is 3.30. The summed E-state index contributed by atoms with van der Waals surface area (Å²) in [6.45, 7) is 3.37. The van der Waals surface area contributed by atoms with E-state index >= 15 is 0 Å². The zero-order chi connectivity index (χ0) is 14.3. The van der Waals surface area contributed by atoms with Crippen LogP contribution in [0.25, 0.3) is 5.69 Å². The second-order valence-electron chi connectivity index (χ2n) is 4.06. The molecule has 0 unspecified atom stereocenters. The van der Waals surface area contributed by atoms with Gasteiger partial charge in [0.25, 0.3) is 5.56 Å². The summed E-state index contributed by atoms with van der Waals surface area (Å²) >= 11 is 15.1. The quantitative estimate of drug-likeness (QED) is 0.791. The molecule has 19 heavy (non-hydrogen) atoms. The fourth-order valence-electron chi connectivity index (χ4n) is 1.62. The van der Waals surface area contributed by atoms with Crippen LogP contribution in [-0.2, 0) is 0 Å². The minimum absolute atomic E-state index is 0.0422. The van der Waals surface area contributed by atoms with Gasteiger partial charge in [-0.2, -0.15) is 0 Å². The largest absolute Gasteiger partial charge is 0.334 e. The third-order valence-electron chi connectivity index (χ3n) is 2.74. The molecule has 0 aliphatic carbocycles. The van der Waals surface area contributed by atoms with E-state index in [9.17, 15) is 9.59 Å². The van der Waals surface area contributed by atoms with Crippen molar-refractivity contribution >= 4 is 39.1 Å². The Balaban J connectivity index is 2.88. The summed E-state index contributed by atoms with van der Waals surface area (Å²) < 4.78 is 1.60. The van der Waals surface area contributed by atoms with E-state index in [0.717, 1.165) is 10.1 Å². The molecule has 1 aromatic heterocycles. The Hall–Kier alpha value is -1.04. The lowest BCUT2D eigenvalue weighted by Gasteiger charge is -2.10. The predicted octanol–water partition coefficient (Wildman–Crippen LogP) is 3.21. The number of aryl methyl sites for hydroxylation is 1. The van der Waals surface area contributed by atoms with E-state index in [1.807, 2.05) is 6.92 Å². The molecule has 0 spiro atoms. The number of aromatic nitrogens is 2. The molecule has 1 N–H and O–H groups in total. The van der Waals surface area contributed by atoms with Gasteiger partial charge in [-0.1, -0.05) is 23.2 Å². The van der Waals surface area contributed by atoms with E-state index < -0.39 is 11.2 Å². The van der Waals surface area contributed by atoms with Gasteiger partial charge in [-0.15, -0.1) is 0 Å². The smallest absolute Gasteiger partial charge is 0.297 e. The van der Waals surface area contributed by atoms with Crippen LogP contribution >= 0.6 is 39.1 Å². The summed E-state index contributed by atoms with van der Waals surface area (Å²) in [5.41, 5.74) is 0.398. The molecule has 0 radical (unpaired) electrons. The molecule has 100 valence electrons. The lowest BCUT2D eigenvalue weighted by atomic mass is 10.2. The van der Waals surface area contributed by atoms with E-state index in [4.69, 9.17) is 23.2 Å². The van der Waals surface area contributed by atoms with E-state index in [1.165, 1.54) is 0 Å². The molecule has 0 fully saturated rings. The molecule has 0 atom stereocenters. The van der Waals surface area contributed by atoms with E-state index in [0.29, 0.717) is 15.2 Å². The number of rotatable bonds is 1. The van der Waals surface area contributed by atoms with E-state index in [1.54, 1.807) is 19.1 Å². The number of nitrogens with one attached hydrogen (secondary N) is 1. The van der Waals surface area contributed by atoms with Crippen LogP contribution in [0.1, 0.15) is 11.1 Å². The highest BCUT2D eigenvalue weighted by molar-refractivity contribution is 9.10. The molecule has 0 amide bonds. The van der Waals surface area contributed by atoms with Crippen molar-refractivity contribution < 1.29 is 0 Å². The summed E-state index contributed by atoms with van der Waals surface area (Å²) in [5, 5.41) is 0.512. The average molecular weight is 364 g/mol. The normalized spacial score (nSPS) is 10.8. The number of benzene rings is 1. The lowest BCUT2D eigenvalue weighted by molar-refractivity contribution is 0.856. The Morgan fingerprint density at radius 1 is 1.21 bits per heavy atom. The fraction of sp³-hybridized carbons (Fsp3) is 0.167. The monoisotopic (exact) mass is 362 g/mol. The molecule has 1 aromatic carbocycles. The highest BCUT2D eigenvalue weighted by Crippen LogP contribution is 2.26. The van der Waals surface area contributed by atoms with Gasteiger partial charge in [0, 0.05) is 9.50 Å². The van der Waals surface area contributed by atoms with Crippen molar-refractivity contribution in [1.29, 1.82) is 0 Å². The van der Waals surface area contributed by atoms with Crippen LogP contribution in [0, 0.1) is 13.8 Å². The molecule has 2 aromatic rings. The molecule has 1 heterocycles. The summed E-state index contributed by atoms with van der Waals surface area (Å²) in [4.78, 5) is 26.5. The maximum absolute atomic E-state index is 12.2. The van der Waals surface area contributed by atoms with Gasteiger partial charge >= 0.3 is 5.69 Å². The first kappa shape index (κ1) is 14.4. The first-order valence-electron chi connectivity index (χ1n) is 5.30. The second kappa shape index (κ2) is 5.15. The Labute approximate surface area is 127 Å². The Morgan fingerprint density at radius 3 is 2.47 bits per heavy atom. The fourth-order valence-corrected chi connectivity index (χ4v) is 2.58. The lowest BCUT2D eigenvalue weighted by Crippen LogP contribution is -2.35. The van der Waals surface area contributed by atoms with Crippen LogP contribution in [0.15, 0.2) is 26.2 Å². The number of halogens is 3. The molecule has 0 aliphatic heterocycles. The van der Waals surface area contributed by atoms with Crippen molar-refractivity contribution in [1.82, 2.24) is 9.55 Å². The summed E-state index contributed by atoms with van der Waals surface area (Å²) in [5.74, 6) is 0. The van der Waals surface area contributed by atoms with E-state index in [2.05, 4.69) is 20.9 Å². The Bertz CT molecular complexity index is 781. The molecular weight excluding hydrogens is 355 g/mol. The van der Waals surface area contributed by atoms with Crippen molar-refractivity contribution in [2.45, 2.75) is 13.8 Å². The number of H-pyrrole nitrogens is 1. The highest BCUT2D eigenvalue weighted by Gasteiger charge is 2.14. The van der Waals surface area contributed by atoms with Gasteiger partial charge in [-0.05, 0) is 47.5 Å². The zero-order valence-corrected chi connectivity index (χ0v) is 13.2. The number of aromatic amines is 1. The van der Waals surface area contributed by atoms with Crippen molar-refractivity contribution in [3.8, 4) is 5.69 Å². The predicted molar refractivity (Wildman–Crippen MR) is 79.9 cm³/mol.